The molecule has 20 heavy (non-hydrogen) atoms. The average molecular weight is 283 g/mol. The molecule has 1 aliphatic rings. The summed E-state index contributed by atoms with van der Waals surface area (Å²) < 4.78 is 2.51. The van der Waals surface area contributed by atoms with Gasteiger partial charge in [-0.2, -0.15) is 0 Å². The van der Waals surface area contributed by atoms with E-state index in [0.29, 0.717) is 12.0 Å². The molecule has 1 nitrogen and oxygen atoms in total. The summed E-state index contributed by atoms with van der Waals surface area (Å²) in [7, 11) is 0. The Bertz CT molecular complexity index is 591. The number of hydrogen-bond donors (Lipinski definition) is 0. The summed E-state index contributed by atoms with van der Waals surface area (Å²) in [6.07, 6.45) is 2.18. The molecule has 0 bridgehead atoms. The molecule has 0 aliphatic carbocycles. The van der Waals surface area contributed by atoms with Gasteiger partial charge in [-0.05, 0) is 35.8 Å². The molecule has 0 spiro atoms. The molecule has 3 rings (SSSR count). The summed E-state index contributed by atoms with van der Waals surface area (Å²) in [5, 5.41) is 0. The molecule has 0 fully saturated rings. The Morgan fingerprint density at radius 3 is 2.30 bits per heavy atom. The molecule has 2 atom stereocenters. The second kappa shape index (κ2) is 5.63. The number of rotatable bonds is 2. The Kier molecular flexibility index (Phi) is 3.86. The van der Waals surface area contributed by atoms with Crippen molar-refractivity contribution in [3.05, 3.63) is 70.8 Å². The predicted molar refractivity (Wildman–Crippen MR) is 88.1 cm³/mol. The van der Waals surface area contributed by atoms with Gasteiger partial charge in [0.15, 0.2) is 0 Å². The van der Waals surface area contributed by atoms with Gasteiger partial charge in [0.25, 0.3) is 0 Å². The molecular formula is C18H21NS. The number of nitrogens with zero attached hydrogens (tertiary/aromatic N) is 1. The summed E-state index contributed by atoms with van der Waals surface area (Å²) in [5.41, 5.74) is 5.68. The van der Waals surface area contributed by atoms with Gasteiger partial charge >= 0.3 is 0 Å². The minimum Gasteiger partial charge on any atom is -0.238 e. The molecule has 0 saturated carbocycles. The van der Waals surface area contributed by atoms with Gasteiger partial charge in [-0.3, -0.25) is 0 Å². The molecule has 0 radical (unpaired) electrons. The fourth-order valence-electron chi connectivity index (χ4n) is 3.11. The predicted octanol–water partition coefficient (Wildman–Crippen LogP) is 4.78. The minimum absolute atomic E-state index is 0.373. The van der Waals surface area contributed by atoms with Gasteiger partial charge in [-0.15, -0.1) is 0 Å². The SMILES string of the molecule is CSN1CC(C)c2ccccc2C1c1ccc(C)cc1. The molecule has 2 heteroatoms. The highest BCUT2D eigenvalue weighted by Crippen LogP contribution is 2.42. The number of aryl methyl sites for hydroxylation is 1. The van der Waals surface area contributed by atoms with E-state index >= 15 is 0 Å². The summed E-state index contributed by atoms with van der Waals surface area (Å²) in [6, 6.07) is 18.3. The van der Waals surface area contributed by atoms with Crippen molar-refractivity contribution in [3.8, 4) is 0 Å². The quantitative estimate of drug-likeness (QED) is 0.730. The lowest BCUT2D eigenvalue weighted by molar-refractivity contribution is 0.355. The van der Waals surface area contributed by atoms with Gasteiger partial charge in [0.1, 0.15) is 0 Å². The molecule has 2 aromatic rings. The van der Waals surface area contributed by atoms with Crippen LogP contribution in [0, 0.1) is 6.92 Å². The van der Waals surface area contributed by atoms with E-state index in [2.05, 4.69) is 72.9 Å². The summed E-state index contributed by atoms with van der Waals surface area (Å²) in [5.74, 6) is 0.598. The lowest BCUT2D eigenvalue weighted by Crippen LogP contribution is -2.32. The van der Waals surface area contributed by atoms with Crippen LogP contribution in [0.3, 0.4) is 0 Å². The van der Waals surface area contributed by atoms with Crippen molar-refractivity contribution >= 4 is 11.9 Å². The third-order valence-corrected chi connectivity index (χ3v) is 5.02. The highest BCUT2D eigenvalue weighted by atomic mass is 32.2. The Hall–Kier alpha value is -1.25. The van der Waals surface area contributed by atoms with Gasteiger partial charge in [-0.1, -0.05) is 73.0 Å². The van der Waals surface area contributed by atoms with E-state index in [0.717, 1.165) is 6.54 Å². The van der Waals surface area contributed by atoms with E-state index in [-0.39, 0.29) is 0 Å². The van der Waals surface area contributed by atoms with Crippen LogP contribution in [0.15, 0.2) is 48.5 Å². The minimum atomic E-state index is 0.373. The molecule has 2 unspecified atom stereocenters. The van der Waals surface area contributed by atoms with Crippen molar-refractivity contribution in [1.82, 2.24) is 4.31 Å². The first kappa shape index (κ1) is 13.7. The van der Waals surface area contributed by atoms with E-state index in [9.17, 15) is 0 Å². The van der Waals surface area contributed by atoms with E-state index < -0.39 is 0 Å². The maximum Gasteiger partial charge on any atom is 0.0705 e. The Morgan fingerprint density at radius 1 is 1.00 bits per heavy atom. The van der Waals surface area contributed by atoms with Crippen molar-refractivity contribution in [2.75, 3.05) is 12.8 Å². The zero-order valence-electron chi connectivity index (χ0n) is 12.3. The Morgan fingerprint density at radius 2 is 1.65 bits per heavy atom. The van der Waals surface area contributed by atoms with Gasteiger partial charge in [0.05, 0.1) is 6.04 Å². The van der Waals surface area contributed by atoms with Crippen LogP contribution in [0.2, 0.25) is 0 Å². The molecule has 0 N–H and O–H groups in total. The van der Waals surface area contributed by atoms with Crippen molar-refractivity contribution in [3.63, 3.8) is 0 Å². The number of hydrogen-bond acceptors (Lipinski definition) is 2. The second-order valence-electron chi connectivity index (χ2n) is 5.63. The summed E-state index contributed by atoms with van der Waals surface area (Å²) >= 11 is 1.85. The summed E-state index contributed by atoms with van der Waals surface area (Å²) in [4.78, 5) is 0. The van der Waals surface area contributed by atoms with E-state index in [1.54, 1.807) is 0 Å². The first-order valence-electron chi connectivity index (χ1n) is 7.17. The first-order chi connectivity index (χ1) is 9.70. The second-order valence-corrected chi connectivity index (χ2v) is 6.46. The van der Waals surface area contributed by atoms with Crippen LogP contribution in [0.1, 0.15) is 41.1 Å². The molecule has 2 aromatic carbocycles. The fourth-order valence-corrected chi connectivity index (χ4v) is 3.93. The van der Waals surface area contributed by atoms with Crippen molar-refractivity contribution in [1.29, 1.82) is 0 Å². The third-order valence-electron chi connectivity index (χ3n) is 4.19. The van der Waals surface area contributed by atoms with Crippen LogP contribution >= 0.6 is 11.9 Å². The number of fused-ring (bicyclic) bond motifs is 1. The molecule has 0 aromatic heterocycles. The van der Waals surface area contributed by atoms with Crippen LogP contribution in [0.4, 0.5) is 0 Å². The van der Waals surface area contributed by atoms with Crippen LogP contribution in [-0.4, -0.2) is 17.1 Å². The van der Waals surface area contributed by atoms with Gasteiger partial charge in [0, 0.05) is 6.54 Å². The number of benzene rings is 2. The van der Waals surface area contributed by atoms with E-state index in [4.69, 9.17) is 0 Å². The smallest absolute Gasteiger partial charge is 0.0705 e. The molecule has 104 valence electrons. The maximum atomic E-state index is 2.51. The van der Waals surface area contributed by atoms with Crippen LogP contribution < -0.4 is 0 Å². The molecule has 1 aliphatic heterocycles. The van der Waals surface area contributed by atoms with Crippen LogP contribution in [-0.2, 0) is 0 Å². The van der Waals surface area contributed by atoms with Crippen molar-refractivity contribution in [2.45, 2.75) is 25.8 Å². The highest BCUT2D eigenvalue weighted by molar-refractivity contribution is 7.96. The van der Waals surface area contributed by atoms with Crippen LogP contribution in [0.5, 0.6) is 0 Å². The van der Waals surface area contributed by atoms with Crippen LogP contribution in [0.25, 0.3) is 0 Å². The summed E-state index contributed by atoms with van der Waals surface area (Å²) in [6.45, 7) is 5.58. The zero-order valence-corrected chi connectivity index (χ0v) is 13.2. The topological polar surface area (TPSA) is 3.24 Å². The lowest BCUT2D eigenvalue weighted by atomic mass is 9.85. The molecular weight excluding hydrogens is 262 g/mol. The van der Waals surface area contributed by atoms with Crippen molar-refractivity contribution < 1.29 is 0 Å². The molecule has 1 heterocycles. The first-order valence-corrected chi connectivity index (χ1v) is 8.35. The normalized spacial score (nSPS) is 22.6. The van der Waals surface area contributed by atoms with Gasteiger partial charge in [-0.25, -0.2) is 4.31 Å². The largest absolute Gasteiger partial charge is 0.238 e. The van der Waals surface area contributed by atoms with E-state index in [1.165, 1.54) is 22.3 Å². The third kappa shape index (κ3) is 2.38. The average Bonchev–Trinajstić information content (AvgIpc) is 2.48. The lowest BCUT2D eigenvalue weighted by Gasteiger charge is -2.39. The standard InChI is InChI=1S/C18H21NS/c1-13-8-10-15(11-9-13)18-17-7-5-4-6-16(17)14(2)12-19(18)20-3/h4-11,14,18H,12H2,1-3H3. The Labute approximate surface area is 126 Å². The van der Waals surface area contributed by atoms with Gasteiger partial charge < -0.3 is 0 Å². The monoisotopic (exact) mass is 283 g/mol. The molecule has 0 amide bonds. The maximum absolute atomic E-state index is 2.51. The van der Waals surface area contributed by atoms with Gasteiger partial charge in [0.2, 0.25) is 0 Å². The Balaban J connectivity index is 2.10. The van der Waals surface area contributed by atoms with E-state index in [1.807, 2.05) is 11.9 Å². The van der Waals surface area contributed by atoms with Crippen molar-refractivity contribution in [2.24, 2.45) is 0 Å². The fraction of sp³-hybridized carbons (Fsp3) is 0.333. The highest BCUT2D eigenvalue weighted by Gasteiger charge is 2.31. The zero-order chi connectivity index (χ0) is 14.1. The molecule has 0 saturated heterocycles.